The number of urea groups is 1. The van der Waals surface area contributed by atoms with Crippen LogP contribution in [0.2, 0.25) is 0 Å². The van der Waals surface area contributed by atoms with Gasteiger partial charge in [0.2, 0.25) is 0 Å². The molecule has 2 amide bonds. The first-order valence-corrected chi connectivity index (χ1v) is 7.01. The molecular weight excluding hydrogens is 272 g/mol. The Morgan fingerprint density at radius 3 is 2.81 bits per heavy atom. The van der Waals surface area contributed by atoms with E-state index in [-0.39, 0.29) is 23.7 Å². The Labute approximate surface area is 123 Å². The highest BCUT2D eigenvalue weighted by Crippen LogP contribution is 2.19. The summed E-state index contributed by atoms with van der Waals surface area (Å²) in [5.41, 5.74) is 1.21. The number of amides is 2. The summed E-state index contributed by atoms with van der Waals surface area (Å²) in [6.07, 6.45) is 2.00. The van der Waals surface area contributed by atoms with E-state index < -0.39 is 5.97 Å². The van der Waals surface area contributed by atoms with E-state index in [1.807, 2.05) is 6.92 Å². The number of carboxylic acid groups (broad SMARTS) is 1. The SMILES string of the molecule is Cc1c(NC(=O)NC(C)C2CCCO2)cccc1C(=O)O. The molecular formula is C15H20N2O4. The van der Waals surface area contributed by atoms with E-state index >= 15 is 0 Å². The molecule has 0 spiro atoms. The minimum absolute atomic E-state index is 0.0437. The van der Waals surface area contributed by atoms with Crippen molar-refractivity contribution in [3.8, 4) is 0 Å². The fourth-order valence-corrected chi connectivity index (χ4v) is 2.46. The number of anilines is 1. The van der Waals surface area contributed by atoms with Gasteiger partial charge in [0.05, 0.1) is 17.7 Å². The molecule has 1 aliphatic rings. The Kier molecular flexibility index (Phi) is 4.80. The number of carboxylic acids is 1. The van der Waals surface area contributed by atoms with Gasteiger partial charge in [0.15, 0.2) is 0 Å². The van der Waals surface area contributed by atoms with Crippen molar-refractivity contribution in [3.05, 3.63) is 29.3 Å². The van der Waals surface area contributed by atoms with E-state index in [2.05, 4.69) is 10.6 Å². The second-order valence-corrected chi connectivity index (χ2v) is 5.22. The molecule has 2 rings (SSSR count). The van der Waals surface area contributed by atoms with Gasteiger partial charge in [-0.2, -0.15) is 0 Å². The third kappa shape index (κ3) is 3.72. The maximum Gasteiger partial charge on any atom is 0.336 e. The van der Waals surface area contributed by atoms with Gasteiger partial charge in [0.25, 0.3) is 0 Å². The molecule has 21 heavy (non-hydrogen) atoms. The smallest absolute Gasteiger partial charge is 0.336 e. The van der Waals surface area contributed by atoms with E-state index in [1.54, 1.807) is 19.1 Å². The molecule has 0 radical (unpaired) electrons. The molecule has 2 unspecified atom stereocenters. The summed E-state index contributed by atoms with van der Waals surface area (Å²) in [5, 5.41) is 14.6. The molecule has 0 saturated carbocycles. The van der Waals surface area contributed by atoms with Crippen molar-refractivity contribution in [1.29, 1.82) is 0 Å². The molecule has 114 valence electrons. The van der Waals surface area contributed by atoms with Crippen LogP contribution >= 0.6 is 0 Å². The maximum absolute atomic E-state index is 12.0. The highest BCUT2D eigenvalue weighted by atomic mass is 16.5. The van der Waals surface area contributed by atoms with Crippen molar-refractivity contribution in [2.75, 3.05) is 11.9 Å². The minimum Gasteiger partial charge on any atom is -0.478 e. The largest absolute Gasteiger partial charge is 0.478 e. The quantitative estimate of drug-likeness (QED) is 0.795. The van der Waals surface area contributed by atoms with Crippen molar-refractivity contribution in [2.24, 2.45) is 0 Å². The Balaban J connectivity index is 1.99. The highest BCUT2D eigenvalue weighted by molar-refractivity contribution is 5.95. The molecule has 0 aromatic heterocycles. The fourth-order valence-electron chi connectivity index (χ4n) is 2.46. The highest BCUT2D eigenvalue weighted by Gasteiger charge is 2.23. The molecule has 1 saturated heterocycles. The summed E-state index contributed by atoms with van der Waals surface area (Å²) in [7, 11) is 0. The zero-order valence-electron chi connectivity index (χ0n) is 12.2. The average Bonchev–Trinajstić information content (AvgIpc) is 2.94. The molecule has 1 fully saturated rings. The van der Waals surface area contributed by atoms with Gasteiger partial charge in [-0.1, -0.05) is 6.07 Å². The molecule has 6 heteroatoms. The predicted octanol–water partition coefficient (Wildman–Crippen LogP) is 2.38. The van der Waals surface area contributed by atoms with E-state index in [0.29, 0.717) is 11.3 Å². The first kappa shape index (κ1) is 15.3. The summed E-state index contributed by atoms with van der Waals surface area (Å²) in [6, 6.07) is 4.35. The van der Waals surface area contributed by atoms with E-state index in [9.17, 15) is 9.59 Å². The van der Waals surface area contributed by atoms with Crippen LogP contribution in [0.25, 0.3) is 0 Å². The molecule has 3 N–H and O–H groups in total. The van der Waals surface area contributed by atoms with Crippen molar-refractivity contribution < 1.29 is 19.4 Å². The number of carbonyl (C=O) groups is 2. The topological polar surface area (TPSA) is 87.7 Å². The first-order chi connectivity index (χ1) is 9.99. The van der Waals surface area contributed by atoms with E-state index in [4.69, 9.17) is 9.84 Å². The fraction of sp³-hybridized carbons (Fsp3) is 0.467. The number of ether oxygens (including phenoxy) is 1. The predicted molar refractivity (Wildman–Crippen MR) is 78.7 cm³/mol. The van der Waals surface area contributed by atoms with Crippen molar-refractivity contribution in [3.63, 3.8) is 0 Å². The van der Waals surface area contributed by atoms with E-state index in [1.165, 1.54) is 6.07 Å². The molecule has 1 heterocycles. The third-order valence-corrected chi connectivity index (χ3v) is 3.69. The summed E-state index contributed by atoms with van der Waals surface area (Å²) in [5.74, 6) is -1.01. The number of benzene rings is 1. The summed E-state index contributed by atoms with van der Waals surface area (Å²) in [4.78, 5) is 23.1. The van der Waals surface area contributed by atoms with Crippen LogP contribution in [0, 0.1) is 6.92 Å². The molecule has 0 bridgehead atoms. The second kappa shape index (κ2) is 6.58. The van der Waals surface area contributed by atoms with Crippen molar-refractivity contribution in [2.45, 2.75) is 38.8 Å². The van der Waals surface area contributed by atoms with Crippen molar-refractivity contribution >= 4 is 17.7 Å². The van der Waals surface area contributed by atoms with Gasteiger partial charge >= 0.3 is 12.0 Å². The van der Waals surface area contributed by atoms with Gasteiger partial charge in [-0.3, -0.25) is 0 Å². The lowest BCUT2D eigenvalue weighted by Crippen LogP contribution is -2.43. The summed E-state index contributed by atoms with van der Waals surface area (Å²) >= 11 is 0. The Bertz CT molecular complexity index is 538. The Morgan fingerprint density at radius 1 is 1.43 bits per heavy atom. The van der Waals surface area contributed by atoms with Crippen LogP contribution in [-0.4, -0.2) is 35.9 Å². The molecule has 6 nitrogen and oxygen atoms in total. The third-order valence-electron chi connectivity index (χ3n) is 3.69. The van der Waals surface area contributed by atoms with Crippen LogP contribution in [-0.2, 0) is 4.74 Å². The van der Waals surface area contributed by atoms with Gasteiger partial charge in [-0.25, -0.2) is 9.59 Å². The van der Waals surface area contributed by atoms with Gasteiger partial charge < -0.3 is 20.5 Å². The van der Waals surface area contributed by atoms with Crippen LogP contribution in [0.3, 0.4) is 0 Å². The maximum atomic E-state index is 12.0. The number of hydrogen-bond donors (Lipinski definition) is 3. The minimum atomic E-state index is -1.01. The zero-order chi connectivity index (χ0) is 15.4. The normalized spacial score (nSPS) is 19.0. The lowest BCUT2D eigenvalue weighted by atomic mass is 10.1. The van der Waals surface area contributed by atoms with Gasteiger partial charge in [-0.05, 0) is 44.4 Å². The van der Waals surface area contributed by atoms with Gasteiger partial charge in [0.1, 0.15) is 0 Å². The van der Waals surface area contributed by atoms with Crippen LogP contribution < -0.4 is 10.6 Å². The van der Waals surface area contributed by atoms with Crippen molar-refractivity contribution in [1.82, 2.24) is 5.32 Å². The molecule has 1 aromatic carbocycles. The molecule has 1 aromatic rings. The second-order valence-electron chi connectivity index (χ2n) is 5.22. The number of hydrogen-bond acceptors (Lipinski definition) is 3. The van der Waals surface area contributed by atoms with Gasteiger partial charge in [-0.15, -0.1) is 0 Å². The number of rotatable bonds is 4. The van der Waals surface area contributed by atoms with Crippen LogP contribution in [0.4, 0.5) is 10.5 Å². The number of aromatic carboxylic acids is 1. The lowest BCUT2D eigenvalue weighted by molar-refractivity contribution is 0.0696. The Morgan fingerprint density at radius 2 is 2.19 bits per heavy atom. The van der Waals surface area contributed by atoms with Crippen LogP contribution in [0.5, 0.6) is 0 Å². The molecule has 2 atom stereocenters. The zero-order valence-corrected chi connectivity index (χ0v) is 12.2. The Hall–Kier alpha value is -2.08. The number of nitrogens with one attached hydrogen (secondary N) is 2. The molecule has 0 aliphatic carbocycles. The summed E-state index contributed by atoms with van der Waals surface area (Å²) in [6.45, 7) is 4.30. The number of carbonyl (C=O) groups excluding carboxylic acids is 1. The van der Waals surface area contributed by atoms with Crippen LogP contribution in [0.15, 0.2) is 18.2 Å². The lowest BCUT2D eigenvalue weighted by Gasteiger charge is -2.20. The van der Waals surface area contributed by atoms with E-state index in [0.717, 1.165) is 19.4 Å². The standard InChI is InChI=1S/C15H20N2O4/c1-9-11(14(18)19)5-3-6-12(9)17-15(20)16-10(2)13-7-4-8-21-13/h3,5-6,10,13H,4,7-8H2,1-2H3,(H,18,19)(H2,16,17,20). The molecule has 1 aliphatic heterocycles. The monoisotopic (exact) mass is 292 g/mol. The average molecular weight is 292 g/mol. The summed E-state index contributed by atoms with van der Waals surface area (Å²) < 4.78 is 5.52. The first-order valence-electron chi connectivity index (χ1n) is 7.01. The van der Waals surface area contributed by atoms with Gasteiger partial charge in [0, 0.05) is 12.3 Å². The van der Waals surface area contributed by atoms with Crippen LogP contribution in [0.1, 0.15) is 35.7 Å².